The van der Waals surface area contributed by atoms with E-state index < -0.39 is 0 Å². The second kappa shape index (κ2) is 6.08. The van der Waals surface area contributed by atoms with Crippen molar-refractivity contribution in [2.45, 2.75) is 75.8 Å². The molecule has 128 valence electrons. The summed E-state index contributed by atoms with van der Waals surface area (Å²) in [7, 11) is 0. The summed E-state index contributed by atoms with van der Waals surface area (Å²) in [6.45, 7) is 0.268. The molecule has 0 spiro atoms. The summed E-state index contributed by atoms with van der Waals surface area (Å²) in [5.41, 5.74) is 0.175. The molecule has 0 atom stereocenters. The van der Waals surface area contributed by atoms with Gasteiger partial charge in [0.25, 0.3) is 0 Å². The molecule has 0 aromatic carbocycles. The fourth-order valence-electron chi connectivity index (χ4n) is 6.06. The Balaban J connectivity index is 1.24. The van der Waals surface area contributed by atoms with Crippen molar-refractivity contribution in [1.29, 1.82) is 0 Å². The number of hydrogen-bond donors (Lipinski definition) is 3. The highest BCUT2D eigenvalue weighted by atomic mass is 16.2. The zero-order valence-corrected chi connectivity index (χ0v) is 13.9. The van der Waals surface area contributed by atoms with E-state index in [0.29, 0.717) is 0 Å². The minimum absolute atomic E-state index is 0.175. The Labute approximate surface area is 138 Å². The van der Waals surface area contributed by atoms with Crippen LogP contribution < -0.4 is 16.0 Å². The molecule has 5 aliphatic carbocycles. The van der Waals surface area contributed by atoms with Crippen LogP contribution in [0.2, 0.25) is 0 Å². The molecular formula is C18H29N3O2. The van der Waals surface area contributed by atoms with E-state index in [1.165, 1.54) is 51.4 Å². The molecule has 5 fully saturated rings. The maximum absolute atomic E-state index is 12.1. The van der Waals surface area contributed by atoms with Crippen molar-refractivity contribution in [3.8, 4) is 0 Å². The standard InChI is InChI=1S/C18H29N3O2/c22-16(21-17(23)20-15-3-1-2-4-15)11-19-18-8-12-5-13(9-18)7-14(6-12)10-18/h12-15,19H,1-11H2,(H2,20,21,22,23). The SMILES string of the molecule is O=C(CNC12CC3CC(CC(C3)C1)C2)NC(=O)NC1CCCC1. The van der Waals surface area contributed by atoms with Crippen molar-refractivity contribution in [1.82, 2.24) is 16.0 Å². The Morgan fingerprint density at radius 3 is 2.04 bits per heavy atom. The highest BCUT2D eigenvalue weighted by Crippen LogP contribution is 2.55. The molecular weight excluding hydrogens is 290 g/mol. The molecule has 5 saturated carbocycles. The molecule has 0 saturated heterocycles. The molecule has 0 heterocycles. The lowest BCUT2D eigenvalue weighted by atomic mass is 9.53. The smallest absolute Gasteiger partial charge is 0.321 e. The summed E-state index contributed by atoms with van der Waals surface area (Å²) < 4.78 is 0. The number of urea groups is 1. The Hall–Kier alpha value is -1.10. The van der Waals surface area contributed by atoms with Crippen LogP contribution in [0.3, 0.4) is 0 Å². The first-order chi connectivity index (χ1) is 11.1. The monoisotopic (exact) mass is 319 g/mol. The van der Waals surface area contributed by atoms with Gasteiger partial charge in [-0.2, -0.15) is 0 Å². The molecule has 3 amide bonds. The van der Waals surface area contributed by atoms with Crippen molar-refractivity contribution in [3.05, 3.63) is 0 Å². The minimum Gasteiger partial charge on any atom is -0.335 e. The Morgan fingerprint density at radius 2 is 1.48 bits per heavy atom. The molecule has 0 radical (unpaired) electrons. The number of rotatable bonds is 4. The van der Waals surface area contributed by atoms with Gasteiger partial charge in [-0.05, 0) is 69.1 Å². The van der Waals surface area contributed by atoms with Gasteiger partial charge in [0.2, 0.25) is 5.91 Å². The molecule has 0 aromatic heterocycles. The number of amides is 3. The third-order valence-electron chi connectivity index (χ3n) is 6.61. The van der Waals surface area contributed by atoms with Crippen molar-refractivity contribution in [2.24, 2.45) is 17.8 Å². The quantitative estimate of drug-likeness (QED) is 0.745. The fraction of sp³-hybridized carbons (Fsp3) is 0.889. The molecule has 5 aliphatic rings. The van der Waals surface area contributed by atoms with Gasteiger partial charge in [0.1, 0.15) is 0 Å². The fourth-order valence-corrected chi connectivity index (χ4v) is 6.06. The first-order valence-electron chi connectivity index (χ1n) is 9.46. The molecule has 3 N–H and O–H groups in total. The van der Waals surface area contributed by atoms with Crippen LogP contribution in [0.1, 0.15) is 64.2 Å². The van der Waals surface area contributed by atoms with Gasteiger partial charge in [-0.25, -0.2) is 4.79 Å². The first kappa shape index (κ1) is 15.4. The molecule has 0 unspecified atom stereocenters. The topological polar surface area (TPSA) is 70.2 Å². The van der Waals surface area contributed by atoms with Gasteiger partial charge in [-0.1, -0.05) is 12.8 Å². The van der Waals surface area contributed by atoms with E-state index in [0.717, 1.165) is 30.6 Å². The lowest BCUT2D eigenvalue weighted by molar-refractivity contribution is -0.120. The normalized spacial score (nSPS) is 38.7. The van der Waals surface area contributed by atoms with Crippen LogP contribution in [0, 0.1) is 17.8 Å². The van der Waals surface area contributed by atoms with E-state index in [9.17, 15) is 9.59 Å². The third-order valence-corrected chi connectivity index (χ3v) is 6.61. The number of carbonyl (C=O) groups is 2. The number of hydrogen-bond acceptors (Lipinski definition) is 3. The summed E-state index contributed by atoms with van der Waals surface area (Å²) in [5, 5.41) is 8.93. The average Bonchev–Trinajstić information content (AvgIpc) is 2.96. The van der Waals surface area contributed by atoms with Crippen LogP contribution >= 0.6 is 0 Å². The van der Waals surface area contributed by atoms with Crippen LogP contribution in [0.5, 0.6) is 0 Å². The number of carbonyl (C=O) groups excluding carboxylic acids is 2. The number of imide groups is 1. The molecule has 4 bridgehead atoms. The molecule has 5 nitrogen and oxygen atoms in total. The second-order valence-electron chi connectivity index (χ2n) is 8.55. The highest BCUT2D eigenvalue weighted by molar-refractivity contribution is 5.95. The molecule has 23 heavy (non-hydrogen) atoms. The zero-order valence-electron chi connectivity index (χ0n) is 13.9. The maximum atomic E-state index is 12.1. The van der Waals surface area contributed by atoms with Crippen molar-refractivity contribution in [3.63, 3.8) is 0 Å². The summed E-state index contributed by atoms with van der Waals surface area (Å²) in [4.78, 5) is 23.9. The van der Waals surface area contributed by atoms with E-state index in [-0.39, 0.29) is 30.1 Å². The lowest BCUT2D eigenvalue weighted by Gasteiger charge is -2.57. The molecule has 0 aliphatic heterocycles. The maximum Gasteiger partial charge on any atom is 0.321 e. The molecule has 5 heteroatoms. The predicted octanol–water partition coefficient (Wildman–Crippen LogP) is 2.31. The van der Waals surface area contributed by atoms with E-state index >= 15 is 0 Å². The Morgan fingerprint density at radius 1 is 0.913 bits per heavy atom. The molecule has 0 aromatic rings. The van der Waals surface area contributed by atoms with E-state index in [4.69, 9.17) is 0 Å². The Bertz CT molecular complexity index is 449. The van der Waals surface area contributed by atoms with Crippen LogP contribution in [-0.4, -0.2) is 30.1 Å². The van der Waals surface area contributed by atoms with Gasteiger partial charge in [0.15, 0.2) is 0 Å². The largest absolute Gasteiger partial charge is 0.335 e. The van der Waals surface area contributed by atoms with Gasteiger partial charge >= 0.3 is 6.03 Å². The first-order valence-corrected chi connectivity index (χ1v) is 9.46. The van der Waals surface area contributed by atoms with Crippen molar-refractivity contribution < 1.29 is 9.59 Å². The summed E-state index contributed by atoms with van der Waals surface area (Å²) >= 11 is 0. The van der Waals surface area contributed by atoms with E-state index in [2.05, 4.69) is 16.0 Å². The number of nitrogens with one attached hydrogen (secondary N) is 3. The van der Waals surface area contributed by atoms with E-state index in [1.54, 1.807) is 0 Å². The molecule has 5 rings (SSSR count). The van der Waals surface area contributed by atoms with Gasteiger partial charge in [-0.3, -0.25) is 10.1 Å². The van der Waals surface area contributed by atoms with Crippen LogP contribution in [-0.2, 0) is 4.79 Å². The lowest BCUT2D eigenvalue weighted by Crippen LogP contribution is -2.60. The van der Waals surface area contributed by atoms with Crippen LogP contribution in [0.25, 0.3) is 0 Å². The highest BCUT2D eigenvalue weighted by Gasteiger charge is 2.50. The zero-order chi connectivity index (χ0) is 15.9. The predicted molar refractivity (Wildman–Crippen MR) is 87.8 cm³/mol. The van der Waals surface area contributed by atoms with Crippen molar-refractivity contribution >= 4 is 11.9 Å². The summed E-state index contributed by atoms with van der Waals surface area (Å²) in [6, 6.07) is -0.0758. The minimum atomic E-state index is -0.325. The van der Waals surface area contributed by atoms with Crippen molar-refractivity contribution in [2.75, 3.05) is 6.54 Å². The van der Waals surface area contributed by atoms with Gasteiger partial charge < -0.3 is 10.6 Å². The van der Waals surface area contributed by atoms with E-state index in [1.807, 2.05) is 0 Å². The van der Waals surface area contributed by atoms with Gasteiger partial charge in [0.05, 0.1) is 6.54 Å². The average molecular weight is 319 g/mol. The van der Waals surface area contributed by atoms with Gasteiger partial charge in [-0.15, -0.1) is 0 Å². The summed E-state index contributed by atoms with van der Waals surface area (Å²) in [5.74, 6) is 2.39. The second-order valence-corrected chi connectivity index (χ2v) is 8.55. The Kier molecular flexibility index (Phi) is 4.08. The van der Waals surface area contributed by atoms with Gasteiger partial charge in [0, 0.05) is 11.6 Å². The third kappa shape index (κ3) is 3.39. The van der Waals surface area contributed by atoms with Crippen LogP contribution in [0.4, 0.5) is 4.79 Å². The van der Waals surface area contributed by atoms with Crippen LogP contribution in [0.15, 0.2) is 0 Å². The summed E-state index contributed by atoms with van der Waals surface area (Å²) in [6.07, 6.45) is 12.3.